The fourth-order valence-corrected chi connectivity index (χ4v) is 14.7. The van der Waals surface area contributed by atoms with E-state index >= 15 is 0 Å². The monoisotopic (exact) mass is 886 g/mol. The number of nitrogens with zero attached hydrogens (tertiary/aromatic N) is 3. The molecule has 328 valence electrons. The summed E-state index contributed by atoms with van der Waals surface area (Å²) in [5, 5.41) is 4.13. The smallest absolute Gasteiger partial charge is 0.252 e. The summed E-state index contributed by atoms with van der Waals surface area (Å²) in [5.74, 6) is 0. The zero-order valence-electron chi connectivity index (χ0n) is 43.1. The van der Waals surface area contributed by atoms with Crippen LogP contribution < -0.4 is 46.6 Å². The Bertz CT molecular complexity index is 3060. The van der Waals surface area contributed by atoms with Crippen LogP contribution in [0.4, 0.5) is 51.2 Å². The van der Waals surface area contributed by atoms with Gasteiger partial charge in [-0.15, -0.1) is 0 Å². The first-order valence-corrected chi connectivity index (χ1v) is 30.2. The molecule has 0 radical (unpaired) electrons. The normalized spacial score (nSPS) is 15.4. The standard InChI is InChI=1S/C59H66BN3Si2/c1-57(2,3)39-22-28-42(29-23-39)61(43-30-24-40(25-31-43)58(4,5)6)45-36-51-55-52(37-45)63-49-19-15-16-20-53(49)65(13,14)54-21-17-18-48(56(54)63)60(55)47-35-34-46(64(10,11)12)38-50(47)62(51)44-32-26-41(27-33-44)59(7,8)9/h15-38H,1-14H3/i36D,37D. The highest BCUT2D eigenvalue weighted by Gasteiger charge is 2.49. The number of hydrogen-bond acceptors (Lipinski definition) is 3. The molecule has 7 aromatic carbocycles. The van der Waals surface area contributed by atoms with E-state index in [4.69, 9.17) is 0 Å². The van der Waals surface area contributed by atoms with Crippen LogP contribution in [-0.4, -0.2) is 22.9 Å². The third kappa shape index (κ3) is 7.05. The maximum absolute atomic E-state index is 11.0. The van der Waals surface area contributed by atoms with Gasteiger partial charge in [0.1, 0.15) is 8.07 Å². The first kappa shape index (κ1) is 40.9. The molecule has 0 spiro atoms. The van der Waals surface area contributed by atoms with Gasteiger partial charge >= 0.3 is 0 Å². The van der Waals surface area contributed by atoms with E-state index in [2.05, 4.69) is 243 Å². The van der Waals surface area contributed by atoms with Crippen molar-refractivity contribution in [2.45, 2.75) is 111 Å². The van der Waals surface area contributed by atoms with Crippen LogP contribution >= 0.6 is 0 Å². The maximum Gasteiger partial charge on any atom is 0.252 e. The van der Waals surface area contributed by atoms with Gasteiger partial charge in [-0.2, -0.15) is 0 Å². The molecule has 0 saturated carbocycles. The molecule has 3 aliphatic heterocycles. The fraction of sp³-hybridized carbons (Fsp3) is 0.288. The van der Waals surface area contributed by atoms with Gasteiger partial charge in [0, 0.05) is 45.5 Å². The van der Waals surface area contributed by atoms with E-state index in [1.807, 2.05) is 0 Å². The minimum Gasteiger partial charge on any atom is -0.312 e. The van der Waals surface area contributed by atoms with Crippen LogP contribution in [0.3, 0.4) is 0 Å². The van der Waals surface area contributed by atoms with E-state index in [9.17, 15) is 2.74 Å². The molecule has 3 nitrogen and oxygen atoms in total. The molecule has 0 N–H and O–H groups in total. The maximum atomic E-state index is 11.0. The van der Waals surface area contributed by atoms with Gasteiger partial charge in [0.05, 0.1) is 16.5 Å². The molecule has 0 saturated heterocycles. The molecular formula is C59H66BN3Si2. The van der Waals surface area contributed by atoms with Crippen LogP contribution in [0, 0.1) is 0 Å². The van der Waals surface area contributed by atoms with Gasteiger partial charge in [-0.1, -0.05) is 185 Å². The highest BCUT2D eigenvalue weighted by molar-refractivity contribution is 7.06. The van der Waals surface area contributed by atoms with E-state index < -0.39 is 16.1 Å². The lowest BCUT2D eigenvalue weighted by Gasteiger charge is -2.49. The molecule has 3 heterocycles. The number of para-hydroxylation sites is 2. The third-order valence-corrected chi connectivity index (χ3v) is 20.0. The Kier molecular flexibility index (Phi) is 9.27. The number of benzene rings is 7. The highest BCUT2D eigenvalue weighted by atomic mass is 28.3. The number of hydrogen-bond donors (Lipinski definition) is 0. The average molecular weight is 886 g/mol. The molecule has 0 aliphatic carbocycles. The van der Waals surface area contributed by atoms with Crippen molar-refractivity contribution in [3.63, 3.8) is 0 Å². The molecule has 6 heteroatoms. The summed E-state index contributed by atoms with van der Waals surface area (Å²) in [6, 6.07) is 50.6. The van der Waals surface area contributed by atoms with Crippen molar-refractivity contribution >= 4 is 106 Å². The molecular weight excluding hydrogens is 818 g/mol. The van der Waals surface area contributed by atoms with Gasteiger partial charge in [-0.25, -0.2) is 0 Å². The SMILES string of the molecule is [2H]c1c(N(c2ccc(C(C)(C)C)cc2)c2ccc(C(C)(C)C)cc2)c([2H])c2c3c1N(c1ccc(C(C)(C)C)cc1)c1cc([Si](C)(C)C)ccc1B3c1cccc3c1N2c1ccccc1[Si]3(C)C. The first-order valence-electron chi connectivity index (χ1n) is 24.7. The van der Waals surface area contributed by atoms with E-state index in [1.165, 1.54) is 48.9 Å². The summed E-state index contributed by atoms with van der Waals surface area (Å²) in [4.78, 5) is 7.06. The topological polar surface area (TPSA) is 9.72 Å². The number of rotatable bonds is 5. The molecule has 3 aliphatic rings. The quantitative estimate of drug-likeness (QED) is 0.159. The molecule has 7 aromatic rings. The summed E-state index contributed by atoms with van der Waals surface area (Å²) >= 11 is 0. The molecule has 0 bridgehead atoms. The predicted molar refractivity (Wildman–Crippen MR) is 291 cm³/mol. The first-order chi connectivity index (χ1) is 31.4. The van der Waals surface area contributed by atoms with Crippen molar-refractivity contribution in [2.24, 2.45) is 0 Å². The van der Waals surface area contributed by atoms with Gasteiger partial charge in [-0.3, -0.25) is 0 Å². The molecule has 0 fully saturated rings. The Morgan fingerprint density at radius 3 is 1.55 bits per heavy atom. The van der Waals surface area contributed by atoms with Crippen molar-refractivity contribution in [1.82, 2.24) is 0 Å². The lowest BCUT2D eigenvalue weighted by atomic mass is 9.33. The van der Waals surface area contributed by atoms with Crippen LogP contribution in [0.25, 0.3) is 0 Å². The average Bonchev–Trinajstić information content (AvgIpc) is 3.27. The Morgan fingerprint density at radius 2 is 1.02 bits per heavy atom. The van der Waals surface area contributed by atoms with Gasteiger partial charge in [0.15, 0.2) is 0 Å². The second kappa shape index (κ2) is 14.7. The molecule has 65 heavy (non-hydrogen) atoms. The molecule has 0 amide bonds. The van der Waals surface area contributed by atoms with E-state index in [1.54, 1.807) is 0 Å². The van der Waals surface area contributed by atoms with Gasteiger partial charge in [0.2, 0.25) is 0 Å². The summed E-state index contributed by atoms with van der Waals surface area (Å²) in [6.45, 7) is 32.4. The second-order valence-corrected chi connectivity index (χ2v) is 32.9. The Balaban J connectivity index is 1.38. The highest BCUT2D eigenvalue weighted by Crippen LogP contribution is 2.49. The lowest BCUT2D eigenvalue weighted by molar-refractivity contribution is 0.590. The fourth-order valence-electron chi connectivity index (χ4n) is 10.5. The number of fused-ring (bicyclic) bond motifs is 6. The van der Waals surface area contributed by atoms with Gasteiger partial charge < -0.3 is 14.7 Å². The molecule has 10 rings (SSSR count). The number of anilines is 9. The van der Waals surface area contributed by atoms with E-state index in [0.717, 1.165) is 45.3 Å². The van der Waals surface area contributed by atoms with Crippen molar-refractivity contribution in [3.05, 3.63) is 162 Å². The van der Waals surface area contributed by atoms with Crippen molar-refractivity contribution < 1.29 is 2.74 Å². The second-order valence-electron chi connectivity index (χ2n) is 23.4. The van der Waals surface area contributed by atoms with Crippen molar-refractivity contribution in [3.8, 4) is 0 Å². The van der Waals surface area contributed by atoms with Gasteiger partial charge in [0.25, 0.3) is 6.71 Å². The minimum atomic E-state index is -2.23. The lowest BCUT2D eigenvalue weighted by Crippen LogP contribution is -2.67. The van der Waals surface area contributed by atoms with Crippen molar-refractivity contribution in [1.29, 1.82) is 0 Å². The van der Waals surface area contributed by atoms with Crippen LogP contribution in [0.5, 0.6) is 0 Å². The summed E-state index contributed by atoms with van der Waals surface area (Å²) in [7, 11) is -4.04. The predicted octanol–water partition coefficient (Wildman–Crippen LogP) is 12.8. The summed E-state index contributed by atoms with van der Waals surface area (Å²) < 4.78 is 21.9. The third-order valence-electron chi connectivity index (χ3n) is 14.5. The van der Waals surface area contributed by atoms with Crippen LogP contribution in [0.15, 0.2) is 146 Å². The zero-order chi connectivity index (χ0) is 47.9. The zero-order valence-corrected chi connectivity index (χ0v) is 43.1. The molecule has 0 aromatic heterocycles. The van der Waals surface area contributed by atoms with E-state index in [0.29, 0.717) is 17.8 Å². The molecule has 0 unspecified atom stereocenters. The van der Waals surface area contributed by atoms with Crippen molar-refractivity contribution in [2.75, 3.05) is 14.7 Å². The minimum absolute atomic E-state index is 0.0278. The van der Waals surface area contributed by atoms with Crippen LogP contribution in [-0.2, 0) is 16.2 Å². The van der Waals surface area contributed by atoms with Crippen LogP contribution in [0.1, 0.15) is 81.7 Å². The Hall–Kier alpha value is -5.56. The van der Waals surface area contributed by atoms with Gasteiger partial charge in [-0.05, 0) is 120 Å². The summed E-state index contributed by atoms with van der Waals surface area (Å²) in [6.07, 6.45) is 0. The molecule has 0 atom stereocenters. The van der Waals surface area contributed by atoms with Crippen LogP contribution in [0.2, 0.25) is 32.7 Å². The van der Waals surface area contributed by atoms with E-state index in [-0.39, 0.29) is 23.0 Å². The largest absolute Gasteiger partial charge is 0.312 e. The Morgan fingerprint density at radius 1 is 0.508 bits per heavy atom. The summed E-state index contributed by atoms with van der Waals surface area (Å²) in [5.41, 5.74) is 15.8. The Labute approximate surface area is 395 Å².